The summed E-state index contributed by atoms with van der Waals surface area (Å²) in [4.78, 5) is 36.3. The molecule has 7 nitrogen and oxygen atoms in total. The summed E-state index contributed by atoms with van der Waals surface area (Å²) in [5.74, 6) is 0.744. The first-order chi connectivity index (χ1) is 15.6. The van der Waals surface area contributed by atoms with E-state index in [2.05, 4.69) is 4.98 Å². The molecule has 1 unspecified atom stereocenters. The first kappa shape index (κ1) is 21.1. The van der Waals surface area contributed by atoms with E-state index in [0.717, 1.165) is 23.1 Å². The van der Waals surface area contributed by atoms with Crippen LogP contribution in [-0.4, -0.2) is 45.9 Å². The average molecular weight is 468 g/mol. The number of benzene rings is 1. The summed E-state index contributed by atoms with van der Waals surface area (Å²) in [6.45, 7) is 1.14. The number of hydrogen-bond donors (Lipinski definition) is 0. The predicted molar refractivity (Wildman–Crippen MR) is 126 cm³/mol. The van der Waals surface area contributed by atoms with Gasteiger partial charge in [-0.25, -0.2) is 9.97 Å². The van der Waals surface area contributed by atoms with Gasteiger partial charge in [0.1, 0.15) is 15.3 Å². The number of hydrogen-bond acceptors (Lipinski definition) is 8. The van der Waals surface area contributed by atoms with Crippen molar-refractivity contribution in [2.24, 2.45) is 0 Å². The summed E-state index contributed by atoms with van der Waals surface area (Å²) in [6.07, 6.45) is 3.59. The van der Waals surface area contributed by atoms with Crippen molar-refractivity contribution in [3.05, 3.63) is 58.5 Å². The van der Waals surface area contributed by atoms with Gasteiger partial charge in [0.25, 0.3) is 5.56 Å². The fourth-order valence-corrected chi connectivity index (χ4v) is 5.74. The zero-order chi connectivity index (χ0) is 22.1. The van der Waals surface area contributed by atoms with Gasteiger partial charge >= 0.3 is 0 Å². The quantitative estimate of drug-likeness (QED) is 0.229. The van der Waals surface area contributed by atoms with Crippen LogP contribution in [-0.2, 0) is 11.3 Å². The van der Waals surface area contributed by atoms with Crippen LogP contribution >= 0.6 is 23.1 Å². The Balaban J connectivity index is 1.52. The number of Topliss-reactive ketones (excluding diaryl/α,β-unsaturated/α-hetero) is 1. The molecular weight excluding hydrogens is 446 g/mol. The van der Waals surface area contributed by atoms with Crippen molar-refractivity contribution < 1.29 is 14.3 Å². The molecule has 0 saturated carbocycles. The van der Waals surface area contributed by atoms with E-state index in [0.29, 0.717) is 39.8 Å². The van der Waals surface area contributed by atoms with Crippen LogP contribution in [0.15, 0.2) is 52.5 Å². The van der Waals surface area contributed by atoms with Gasteiger partial charge in [-0.15, -0.1) is 11.3 Å². The Labute approximate surface area is 192 Å². The Kier molecular flexibility index (Phi) is 5.95. The van der Waals surface area contributed by atoms with E-state index >= 15 is 0 Å². The van der Waals surface area contributed by atoms with E-state index in [1.165, 1.54) is 23.1 Å². The molecule has 164 valence electrons. The third-order valence-corrected chi connectivity index (χ3v) is 7.52. The highest BCUT2D eigenvalue weighted by atomic mass is 32.2. The van der Waals surface area contributed by atoms with E-state index < -0.39 is 0 Å². The Morgan fingerprint density at radius 2 is 2.25 bits per heavy atom. The summed E-state index contributed by atoms with van der Waals surface area (Å²) in [7, 11) is 1.57. The lowest BCUT2D eigenvalue weighted by molar-refractivity contribution is 0.0938. The first-order valence-electron chi connectivity index (χ1n) is 10.3. The number of aromatic nitrogens is 3. The molecule has 1 aromatic carbocycles. The number of carbonyl (C=O) groups excluding carboxylic acids is 1. The van der Waals surface area contributed by atoms with Crippen LogP contribution in [0.3, 0.4) is 0 Å². The van der Waals surface area contributed by atoms with Crippen LogP contribution in [0.5, 0.6) is 5.75 Å². The molecule has 0 amide bonds. The van der Waals surface area contributed by atoms with E-state index in [1.54, 1.807) is 42.1 Å². The zero-order valence-corrected chi connectivity index (χ0v) is 19.1. The van der Waals surface area contributed by atoms with Gasteiger partial charge in [0.05, 0.1) is 31.0 Å². The molecule has 0 aliphatic carbocycles. The summed E-state index contributed by atoms with van der Waals surface area (Å²) in [6, 6.07) is 10.8. The van der Waals surface area contributed by atoms with Gasteiger partial charge in [0.15, 0.2) is 10.9 Å². The van der Waals surface area contributed by atoms with Crippen LogP contribution in [0.25, 0.3) is 20.4 Å². The van der Waals surface area contributed by atoms with Gasteiger partial charge < -0.3 is 9.47 Å². The maximum Gasteiger partial charge on any atom is 0.272 e. The molecule has 5 rings (SSSR count). The van der Waals surface area contributed by atoms with Crippen LogP contribution in [0, 0.1) is 0 Å². The van der Waals surface area contributed by atoms with Gasteiger partial charge in [0, 0.05) is 23.8 Å². The van der Waals surface area contributed by atoms with E-state index in [1.807, 2.05) is 12.1 Å². The zero-order valence-electron chi connectivity index (χ0n) is 17.4. The minimum absolute atomic E-state index is 0.0205. The van der Waals surface area contributed by atoms with Crippen molar-refractivity contribution in [3.63, 3.8) is 0 Å². The van der Waals surface area contributed by atoms with Crippen molar-refractivity contribution >= 4 is 49.3 Å². The third-order valence-electron chi connectivity index (χ3n) is 5.45. The molecule has 1 atom stereocenters. The first-order valence-corrected chi connectivity index (χ1v) is 12.1. The molecule has 1 aliphatic heterocycles. The number of thiophene rings is 1. The smallest absolute Gasteiger partial charge is 0.272 e. The molecular formula is C23H21N3O4S2. The van der Waals surface area contributed by atoms with E-state index in [-0.39, 0.29) is 23.2 Å². The Morgan fingerprint density at radius 3 is 3.06 bits per heavy atom. The second-order valence-corrected chi connectivity index (χ2v) is 9.47. The monoisotopic (exact) mass is 467 g/mol. The minimum atomic E-state index is -0.107. The molecule has 32 heavy (non-hydrogen) atoms. The molecule has 9 heteroatoms. The van der Waals surface area contributed by atoms with Gasteiger partial charge in [-0.2, -0.15) is 0 Å². The number of carbonyl (C=O) groups is 1. The molecule has 4 aromatic rings. The van der Waals surface area contributed by atoms with E-state index in [9.17, 15) is 9.59 Å². The fourth-order valence-electron chi connectivity index (χ4n) is 3.81. The third kappa shape index (κ3) is 4.03. The number of thioether (sulfide) groups is 1. The molecule has 0 radical (unpaired) electrons. The molecule has 1 saturated heterocycles. The minimum Gasteiger partial charge on any atom is -0.497 e. The summed E-state index contributed by atoms with van der Waals surface area (Å²) < 4.78 is 13.2. The predicted octanol–water partition coefficient (Wildman–Crippen LogP) is 4.17. The summed E-state index contributed by atoms with van der Waals surface area (Å²) in [5.41, 5.74) is 1.10. The number of ether oxygens (including phenoxy) is 2. The van der Waals surface area contributed by atoms with Crippen molar-refractivity contribution in [1.82, 2.24) is 14.5 Å². The number of nitrogens with zero attached hydrogens (tertiary/aromatic N) is 3. The Hall–Kier alpha value is -2.75. The molecule has 0 N–H and O–H groups in total. The van der Waals surface area contributed by atoms with Crippen molar-refractivity contribution in [2.45, 2.75) is 30.6 Å². The molecule has 0 bridgehead atoms. The normalized spacial score (nSPS) is 16.1. The van der Waals surface area contributed by atoms with Gasteiger partial charge in [-0.05, 0) is 37.1 Å². The molecule has 3 aromatic heterocycles. The highest BCUT2D eigenvalue weighted by Crippen LogP contribution is 2.31. The lowest BCUT2D eigenvalue weighted by Crippen LogP contribution is -2.28. The Morgan fingerprint density at radius 1 is 1.34 bits per heavy atom. The van der Waals surface area contributed by atoms with Crippen LogP contribution in [0.1, 0.15) is 23.2 Å². The largest absolute Gasteiger partial charge is 0.497 e. The maximum absolute atomic E-state index is 13.4. The van der Waals surface area contributed by atoms with Gasteiger partial charge in [0.2, 0.25) is 0 Å². The van der Waals surface area contributed by atoms with Crippen molar-refractivity contribution in [2.75, 3.05) is 19.5 Å². The lowest BCUT2D eigenvalue weighted by atomic mass is 10.1. The average Bonchev–Trinajstić information content (AvgIpc) is 3.47. The van der Waals surface area contributed by atoms with E-state index in [4.69, 9.17) is 14.5 Å². The number of pyridine rings is 1. The van der Waals surface area contributed by atoms with Crippen molar-refractivity contribution in [1.29, 1.82) is 0 Å². The maximum atomic E-state index is 13.4. The standard InChI is InChI=1S/C23H21N3O4S2/c1-29-15-6-2-5-14(11-15)18(27)13-31-23-25-19-17-8-3-9-24-21(17)32-20(19)22(28)26(23)12-16-7-4-10-30-16/h2-3,5-6,8-9,11,16H,4,7,10,12-13H2,1H3. The molecule has 1 aliphatic rings. The van der Waals surface area contributed by atoms with Crippen LogP contribution in [0.2, 0.25) is 0 Å². The van der Waals surface area contributed by atoms with Crippen molar-refractivity contribution in [3.8, 4) is 5.75 Å². The summed E-state index contributed by atoms with van der Waals surface area (Å²) >= 11 is 2.63. The number of fused-ring (bicyclic) bond motifs is 3. The molecule has 1 fully saturated rings. The second-order valence-electron chi connectivity index (χ2n) is 7.52. The lowest BCUT2D eigenvalue weighted by Gasteiger charge is -2.15. The van der Waals surface area contributed by atoms with Crippen LogP contribution in [0.4, 0.5) is 0 Å². The second kappa shape index (κ2) is 9.01. The highest BCUT2D eigenvalue weighted by Gasteiger charge is 2.22. The fraction of sp³-hybridized carbons (Fsp3) is 0.304. The number of rotatable bonds is 7. The Bertz CT molecular complexity index is 1360. The topological polar surface area (TPSA) is 83.3 Å². The highest BCUT2D eigenvalue weighted by molar-refractivity contribution is 7.99. The number of methoxy groups -OCH3 is 1. The van der Waals surface area contributed by atoms with Crippen LogP contribution < -0.4 is 10.3 Å². The SMILES string of the molecule is COc1cccc(C(=O)CSc2nc3c(sc4ncccc43)c(=O)n2CC2CCCO2)c1. The molecule has 0 spiro atoms. The summed E-state index contributed by atoms with van der Waals surface area (Å²) in [5, 5.41) is 1.38. The number of ketones is 1. The van der Waals surface area contributed by atoms with Gasteiger partial charge in [-0.1, -0.05) is 23.9 Å². The molecule has 4 heterocycles. The van der Waals surface area contributed by atoms with Gasteiger partial charge in [-0.3, -0.25) is 14.2 Å².